The zero-order chi connectivity index (χ0) is 29.5. The molecule has 3 aromatic rings. The molecule has 0 aromatic heterocycles. The summed E-state index contributed by atoms with van der Waals surface area (Å²) in [6.45, 7) is 9.87. The molecule has 2 fully saturated rings. The molecule has 2 heterocycles. The first-order chi connectivity index (χ1) is 19.5. The molecule has 214 valence electrons. The third kappa shape index (κ3) is 5.39. The standard InChI is InChI=1S/C33H37N3O5/c1-33(2,3)26-20-22(8-15-27(26)41-5)30(38)28-29(21-6-13-25(37)14-7-21)36(32(40)31(28)39)24-11-9-23(10-12-24)35-18-16-34(4)17-19-35/h6-15,20,29,37-38H,16-19H2,1-5H3/b30-28-. The number of methoxy groups -OCH3 is 1. The number of hydrogen-bond donors (Lipinski definition) is 2. The molecule has 0 aliphatic carbocycles. The van der Waals surface area contributed by atoms with Crippen molar-refractivity contribution in [1.82, 2.24) is 4.90 Å². The van der Waals surface area contributed by atoms with E-state index < -0.39 is 17.7 Å². The van der Waals surface area contributed by atoms with Gasteiger partial charge in [0.2, 0.25) is 0 Å². The van der Waals surface area contributed by atoms with Crippen molar-refractivity contribution in [3.63, 3.8) is 0 Å². The summed E-state index contributed by atoms with van der Waals surface area (Å²) < 4.78 is 5.55. The van der Waals surface area contributed by atoms with E-state index in [4.69, 9.17) is 4.74 Å². The van der Waals surface area contributed by atoms with Crippen LogP contribution in [0.2, 0.25) is 0 Å². The Morgan fingerprint density at radius 1 is 0.878 bits per heavy atom. The van der Waals surface area contributed by atoms with E-state index in [1.165, 1.54) is 17.0 Å². The number of aromatic hydroxyl groups is 1. The van der Waals surface area contributed by atoms with Crippen molar-refractivity contribution in [2.75, 3.05) is 50.1 Å². The van der Waals surface area contributed by atoms with E-state index in [0.717, 1.165) is 37.4 Å². The predicted molar refractivity (Wildman–Crippen MR) is 161 cm³/mol. The van der Waals surface area contributed by atoms with Crippen molar-refractivity contribution >= 4 is 28.8 Å². The Morgan fingerprint density at radius 2 is 1.49 bits per heavy atom. The molecule has 1 amide bonds. The van der Waals surface area contributed by atoms with Gasteiger partial charge in [0.05, 0.1) is 18.7 Å². The third-order valence-corrected chi connectivity index (χ3v) is 7.93. The summed E-state index contributed by atoms with van der Waals surface area (Å²) in [5, 5.41) is 21.6. The van der Waals surface area contributed by atoms with Gasteiger partial charge in [-0.2, -0.15) is 0 Å². The number of likely N-dealkylation sites (N-methyl/N-ethyl adjacent to an activating group) is 1. The lowest BCUT2D eigenvalue weighted by atomic mass is 9.84. The van der Waals surface area contributed by atoms with Crippen LogP contribution in [0.25, 0.3) is 5.76 Å². The highest BCUT2D eigenvalue weighted by Gasteiger charge is 2.47. The smallest absolute Gasteiger partial charge is 0.300 e. The van der Waals surface area contributed by atoms with E-state index in [1.54, 1.807) is 37.4 Å². The van der Waals surface area contributed by atoms with E-state index >= 15 is 0 Å². The number of hydrogen-bond acceptors (Lipinski definition) is 7. The minimum atomic E-state index is -0.884. The Labute approximate surface area is 241 Å². The van der Waals surface area contributed by atoms with Crippen LogP contribution in [0, 0.1) is 0 Å². The fraction of sp³-hybridized carbons (Fsp3) is 0.333. The Kier molecular flexibility index (Phi) is 7.53. The number of phenols is 1. The van der Waals surface area contributed by atoms with Crippen molar-refractivity contribution in [2.24, 2.45) is 0 Å². The highest BCUT2D eigenvalue weighted by molar-refractivity contribution is 6.51. The molecule has 5 rings (SSSR count). The first kappa shape index (κ1) is 28.2. The average Bonchev–Trinajstić information content (AvgIpc) is 3.22. The van der Waals surface area contributed by atoms with E-state index in [2.05, 4.69) is 16.8 Å². The van der Waals surface area contributed by atoms with Crippen molar-refractivity contribution in [3.8, 4) is 11.5 Å². The summed E-state index contributed by atoms with van der Waals surface area (Å²) in [7, 11) is 3.70. The van der Waals surface area contributed by atoms with Gasteiger partial charge in [-0.05, 0) is 72.6 Å². The Hall–Kier alpha value is -4.30. The number of anilines is 2. The SMILES string of the molecule is COc1ccc(/C(O)=C2/C(=O)C(=O)N(c3ccc(N4CCN(C)CC4)cc3)C2c2ccc(O)cc2)cc1C(C)(C)C. The van der Waals surface area contributed by atoms with E-state index in [1.807, 2.05) is 45.0 Å². The number of phenolic OH excluding ortho intramolecular Hbond substituents is 1. The van der Waals surface area contributed by atoms with Gasteiger partial charge in [0.1, 0.15) is 17.3 Å². The van der Waals surface area contributed by atoms with Gasteiger partial charge in [-0.3, -0.25) is 14.5 Å². The zero-order valence-corrected chi connectivity index (χ0v) is 24.2. The molecule has 0 bridgehead atoms. The van der Waals surface area contributed by atoms with Crippen LogP contribution in [0.1, 0.15) is 43.5 Å². The van der Waals surface area contributed by atoms with Gasteiger partial charge in [0.15, 0.2) is 0 Å². The monoisotopic (exact) mass is 555 g/mol. The molecule has 2 N–H and O–H groups in total. The van der Waals surface area contributed by atoms with Gasteiger partial charge in [0, 0.05) is 48.7 Å². The molecule has 0 spiro atoms. The van der Waals surface area contributed by atoms with Crippen LogP contribution in [0.5, 0.6) is 11.5 Å². The predicted octanol–water partition coefficient (Wildman–Crippen LogP) is 5.08. The summed E-state index contributed by atoms with van der Waals surface area (Å²) in [6.07, 6.45) is 0. The summed E-state index contributed by atoms with van der Waals surface area (Å²) in [5.74, 6) is -1.01. The molecule has 2 aliphatic heterocycles. The molecule has 2 saturated heterocycles. The maximum atomic E-state index is 13.6. The lowest BCUT2D eigenvalue weighted by Gasteiger charge is -2.34. The number of carbonyl (C=O) groups is 2. The highest BCUT2D eigenvalue weighted by atomic mass is 16.5. The summed E-state index contributed by atoms with van der Waals surface area (Å²) in [5.41, 5.74) is 3.17. The molecule has 8 heteroatoms. The number of carbonyl (C=O) groups excluding carboxylic acids is 2. The lowest BCUT2D eigenvalue weighted by molar-refractivity contribution is -0.132. The molecule has 8 nitrogen and oxygen atoms in total. The Morgan fingerprint density at radius 3 is 2.07 bits per heavy atom. The summed E-state index contributed by atoms with van der Waals surface area (Å²) in [4.78, 5) is 33.2. The van der Waals surface area contributed by atoms with Gasteiger partial charge < -0.3 is 24.7 Å². The Bertz CT molecular complexity index is 1480. The van der Waals surface area contributed by atoms with Crippen LogP contribution >= 0.6 is 0 Å². The average molecular weight is 556 g/mol. The molecular formula is C33H37N3O5. The first-order valence-corrected chi connectivity index (χ1v) is 13.8. The minimum Gasteiger partial charge on any atom is -0.508 e. The summed E-state index contributed by atoms with van der Waals surface area (Å²) >= 11 is 0. The molecule has 0 radical (unpaired) electrons. The molecule has 1 unspecified atom stereocenters. The number of rotatable bonds is 5. The van der Waals surface area contributed by atoms with Gasteiger partial charge in [-0.1, -0.05) is 32.9 Å². The van der Waals surface area contributed by atoms with Gasteiger partial charge in [-0.15, -0.1) is 0 Å². The van der Waals surface area contributed by atoms with Crippen molar-refractivity contribution < 1.29 is 24.5 Å². The number of piperazine rings is 1. The van der Waals surface area contributed by atoms with Crippen molar-refractivity contribution in [3.05, 3.63) is 89.0 Å². The fourth-order valence-corrected chi connectivity index (χ4v) is 5.56. The van der Waals surface area contributed by atoms with Crippen LogP contribution < -0.4 is 14.5 Å². The second-order valence-electron chi connectivity index (χ2n) is 11.7. The number of benzene rings is 3. The van der Waals surface area contributed by atoms with E-state index in [0.29, 0.717) is 22.6 Å². The Balaban J connectivity index is 1.61. The summed E-state index contributed by atoms with van der Waals surface area (Å²) in [6, 6.07) is 18.3. The lowest BCUT2D eigenvalue weighted by Crippen LogP contribution is -2.44. The number of amides is 1. The van der Waals surface area contributed by atoms with Crippen LogP contribution in [-0.4, -0.2) is 67.1 Å². The number of nitrogens with zero attached hydrogens (tertiary/aromatic N) is 3. The molecule has 2 aliphatic rings. The number of ether oxygens (including phenoxy) is 1. The minimum absolute atomic E-state index is 0.00569. The number of aliphatic hydroxyl groups is 1. The number of Topliss-reactive ketones (excluding diaryl/α,β-unsaturated/α-hetero) is 1. The zero-order valence-electron chi connectivity index (χ0n) is 24.2. The van der Waals surface area contributed by atoms with Crippen molar-refractivity contribution in [2.45, 2.75) is 32.2 Å². The maximum absolute atomic E-state index is 13.6. The third-order valence-electron chi connectivity index (χ3n) is 7.93. The molecule has 1 atom stereocenters. The van der Waals surface area contributed by atoms with E-state index in [9.17, 15) is 19.8 Å². The van der Waals surface area contributed by atoms with E-state index in [-0.39, 0.29) is 22.5 Å². The molecule has 41 heavy (non-hydrogen) atoms. The molecule has 3 aromatic carbocycles. The fourth-order valence-electron chi connectivity index (χ4n) is 5.56. The number of ketones is 1. The topological polar surface area (TPSA) is 93.5 Å². The van der Waals surface area contributed by atoms with Gasteiger partial charge in [0.25, 0.3) is 11.7 Å². The normalized spacial score (nSPS) is 19.6. The van der Waals surface area contributed by atoms with Crippen LogP contribution in [-0.2, 0) is 15.0 Å². The van der Waals surface area contributed by atoms with Crippen LogP contribution in [0.3, 0.4) is 0 Å². The maximum Gasteiger partial charge on any atom is 0.300 e. The van der Waals surface area contributed by atoms with Crippen LogP contribution in [0.4, 0.5) is 11.4 Å². The van der Waals surface area contributed by atoms with Gasteiger partial charge in [-0.25, -0.2) is 0 Å². The largest absolute Gasteiger partial charge is 0.508 e. The second kappa shape index (κ2) is 10.9. The van der Waals surface area contributed by atoms with Crippen LogP contribution in [0.15, 0.2) is 72.3 Å². The second-order valence-corrected chi connectivity index (χ2v) is 11.7. The van der Waals surface area contributed by atoms with Crippen molar-refractivity contribution in [1.29, 1.82) is 0 Å². The molecular weight excluding hydrogens is 518 g/mol. The number of aliphatic hydroxyl groups excluding tert-OH is 1. The highest BCUT2D eigenvalue weighted by Crippen LogP contribution is 2.43. The molecule has 0 saturated carbocycles. The quantitative estimate of drug-likeness (QED) is 0.258. The first-order valence-electron chi connectivity index (χ1n) is 13.8. The van der Waals surface area contributed by atoms with Gasteiger partial charge >= 0.3 is 0 Å².